The van der Waals surface area contributed by atoms with E-state index in [0.29, 0.717) is 23.7 Å². The van der Waals surface area contributed by atoms with Crippen molar-refractivity contribution in [2.45, 2.75) is 72.8 Å². The molecule has 2 N–H and O–H groups in total. The molecule has 2 aliphatic carbocycles. The van der Waals surface area contributed by atoms with Crippen LogP contribution in [-0.2, 0) is 4.79 Å². The predicted octanol–water partition coefficient (Wildman–Crippen LogP) is 6.29. The van der Waals surface area contributed by atoms with E-state index in [-0.39, 0.29) is 17.4 Å². The SMILES string of the molecule is C=C1CCC2C(C(C)CC(O)C2(C)C)C1CC/C(C)=C/C(=O)Nc1cccc(C)c1. The number of allylic oxidation sites excluding steroid dienone is 2. The zero-order valence-corrected chi connectivity index (χ0v) is 19.4. The number of aliphatic hydroxyl groups excluding tert-OH is 1. The van der Waals surface area contributed by atoms with Crippen molar-refractivity contribution in [3.63, 3.8) is 0 Å². The van der Waals surface area contributed by atoms with Crippen molar-refractivity contribution in [2.24, 2.45) is 29.1 Å². The Morgan fingerprint density at radius 2 is 2.10 bits per heavy atom. The number of hydrogen-bond donors (Lipinski definition) is 2. The number of carbonyl (C=O) groups excluding carboxylic acids is 1. The smallest absolute Gasteiger partial charge is 0.248 e. The van der Waals surface area contributed by atoms with E-state index in [1.54, 1.807) is 6.08 Å². The Morgan fingerprint density at radius 3 is 2.80 bits per heavy atom. The van der Waals surface area contributed by atoms with Crippen LogP contribution in [-0.4, -0.2) is 17.1 Å². The van der Waals surface area contributed by atoms with Crippen LogP contribution < -0.4 is 5.32 Å². The minimum absolute atomic E-state index is 0.0330. The van der Waals surface area contributed by atoms with Gasteiger partial charge >= 0.3 is 0 Å². The van der Waals surface area contributed by atoms with Crippen LogP contribution in [0.2, 0.25) is 0 Å². The van der Waals surface area contributed by atoms with Gasteiger partial charge in [-0.1, -0.05) is 50.6 Å². The molecule has 0 radical (unpaired) electrons. The molecule has 0 aromatic heterocycles. The number of aliphatic hydroxyl groups is 1. The Hall–Kier alpha value is -1.87. The van der Waals surface area contributed by atoms with E-state index < -0.39 is 0 Å². The lowest BCUT2D eigenvalue weighted by Gasteiger charge is -2.55. The van der Waals surface area contributed by atoms with E-state index in [1.165, 1.54) is 5.57 Å². The molecule has 30 heavy (non-hydrogen) atoms. The highest BCUT2D eigenvalue weighted by atomic mass is 16.3. The number of amides is 1. The fourth-order valence-corrected chi connectivity index (χ4v) is 5.97. The van der Waals surface area contributed by atoms with Gasteiger partial charge in [0.15, 0.2) is 0 Å². The lowest BCUT2D eigenvalue weighted by atomic mass is 9.50. The number of fused-ring (bicyclic) bond motifs is 1. The van der Waals surface area contributed by atoms with E-state index in [1.807, 2.05) is 31.2 Å². The molecule has 5 atom stereocenters. The number of aryl methyl sites for hydroxylation is 1. The summed E-state index contributed by atoms with van der Waals surface area (Å²) < 4.78 is 0. The van der Waals surface area contributed by atoms with E-state index in [2.05, 4.69) is 39.6 Å². The van der Waals surface area contributed by atoms with Crippen LogP contribution >= 0.6 is 0 Å². The Balaban J connectivity index is 1.65. The number of nitrogens with one attached hydrogen (secondary N) is 1. The van der Waals surface area contributed by atoms with Gasteiger partial charge < -0.3 is 10.4 Å². The summed E-state index contributed by atoms with van der Waals surface area (Å²) in [6.45, 7) is 15.3. The second kappa shape index (κ2) is 9.09. The maximum Gasteiger partial charge on any atom is 0.248 e. The molecule has 5 unspecified atom stereocenters. The topological polar surface area (TPSA) is 49.3 Å². The molecule has 0 aliphatic heterocycles. The van der Waals surface area contributed by atoms with Crippen LogP contribution in [0.3, 0.4) is 0 Å². The van der Waals surface area contributed by atoms with Crippen LogP contribution in [0.5, 0.6) is 0 Å². The number of benzene rings is 1. The number of rotatable bonds is 5. The van der Waals surface area contributed by atoms with Gasteiger partial charge in [-0.3, -0.25) is 4.79 Å². The third kappa shape index (κ3) is 4.88. The molecule has 1 amide bonds. The molecule has 1 aromatic rings. The van der Waals surface area contributed by atoms with Gasteiger partial charge in [-0.05, 0) is 92.7 Å². The second-order valence-corrected chi connectivity index (χ2v) is 10.4. The molecular formula is C27H39NO2. The van der Waals surface area contributed by atoms with Gasteiger partial charge in [0.2, 0.25) is 5.91 Å². The summed E-state index contributed by atoms with van der Waals surface area (Å²) in [5, 5.41) is 13.6. The molecule has 0 heterocycles. The van der Waals surface area contributed by atoms with Gasteiger partial charge in [0.25, 0.3) is 0 Å². The van der Waals surface area contributed by atoms with E-state index >= 15 is 0 Å². The van der Waals surface area contributed by atoms with Crippen molar-refractivity contribution in [3.8, 4) is 0 Å². The molecule has 3 heteroatoms. The Kier molecular flexibility index (Phi) is 6.91. The zero-order chi connectivity index (χ0) is 22.1. The van der Waals surface area contributed by atoms with Crippen LogP contribution in [0.1, 0.15) is 65.4 Å². The van der Waals surface area contributed by atoms with Crippen LogP contribution in [0.4, 0.5) is 5.69 Å². The summed E-state index contributed by atoms with van der Waals surface area (Å²) >= 11 is 0. The molecule has 0 bridgehead atoms. The normalized spacial score (nSPS) is 31.2. The zero-order valence-electron chi connectivity index (χ0n) is 19.4. The highest BCUT2D eigenvalue weighted by Crippen LogP contribution is 2.56. The summed E-state index contributed by atoms with van der Waals surface area (Å²) in [4.78, 5) is 12.4. The molecule has 0 spiro atoms. The summed E-state index contributed by atoms with van der Waals surface area (Å²) in [5.41, 5.74) is 4.41. The molecule has 2 saturated carbocycles. The molecule has 2 aliphatic rings. The first kappa shape index (κ1) is 22.8. The summed E-state index contributed by atoms with van der Waals surface area (Å²) in [7, 11) is 0. The van der Waals surface area contributed by atoms with Gasteiger partial charge in [0.1, 0.15) is 0 Å². The Labute approximate surface area is 182 Å². The van der Waals surface area contributed by atoms with Crippen molar-refractivity contribution in [1.82, 2.24) is 0 Å². The minimum Gasteiger partial charge on any atom is -0.393 e. The molecule has 3 rings (SSSR count). The van der Waals surface area contributed by atoms with Crippen molar-refractivity contribution < 1.29 is 9.90 Å². The highest BCUT2D eigenvalue weighted by Gasteiger charge is 2.51. The third-order valence-corrected chi connectivity index (χ3v) is 7.81. The van der Waals surface area contributed by atoms with Gasteiger partial charge in [0, 0.05) is 11.8 Å². The number of carbonyl (C=O) groups is 1. The first-order valence-corrected chi connectivity index (χ1v) is 11.5. The third-order valence-electron chi connectivity index (χ3n) is 7.81. The standard InChI is InChI=1S/C27H39NO2/c1-17-8-7-9-21(14-17)28-25(30)15-18(2)10-12-22-19(3)11-13-23-26(22)20(4)16-24(29)27(23,5)6/h7-9,14-15,20,22-24,26,29H,3,10-13,16H2,1-2,4-6H3,(H,28,30)/b18-15+. The fourth-order valence-electron chi connectivity index (χ4n) is 5.97. The van der Waals surface area contributed by atoms with Crippen molar-refractivity contribution in [3.05, 3.63) is 53.6 Å². The Bertz CT molecular complexity index is 822. The molecule has 2 fully saturated rings. The molecular weight excluding hydrogens is 370 g/mol. The van der Waals surface area contributed by atoms with E-state index in [0.717, 1.165) is 48.9 Å². The summed E-state index contributed by atoms with van der Waals surface area (Å²) in [6, 6.07) is 7.87. The summed E-state index contributed by atoms with van der Waals surface area (Å²) in [5.74, 6) is 2.05. The first-order chi connectivity index (χ1) is 14.1. The molecule has 164 valence electrons. The maximum atomic E-state index is 12.4. The molecule has 1 aromatic carbocycles. The van der Waals surface area contributed by atoms with Gasteiger partial charge in [-0.25, -0.2) is 0 Å². The van der Waals surface area contributed by atoms with E-state index in [9.17, 15) is 9.90 Å². The second-order valence-electron chi connectivity index (χ2n) is 10.4. The van der Waals surface area contributed by atoms with Gasteiger partial charge in [0.05, 0.1) is 6.10 Å². The largest absolute Gasteiger partial charge is 0.393 e. The van der Waals surface area contributed by atoms with Crippen molar-refractivity contribution >= 4 is 11.6 Å². The summed E-state index contributed by atoms with van der Waals surface area (Å²) in [6.07, 6.45) is 6.55. The van der Waals surface area contributed by atoms with E-state index in [4.69, 9.17) is 0 Å². The van der Waals surface area contributed by atoms with Crippen molar-refractivity contribution in [2.75, 3.05) is 5.32 Å². The number of anilines is 1. The van der Waals surface area contributed by atoms with Gasteiger partial charge in [-0.15, -0.1) is 0 Å². The monoisotopic (exact) mass is 409 g/mol. The lowest BCUT2D eigenvalue weighted by Crippen LogP contribution is -2.52. The Morgan fingerprint density at radius 1 is 1.37 bits per heavy atom. The first-order valence-electron chi connectivity index (χ1n) is 11.5. The van der Waals surface area contributed by atoms with Gasteiger partial charge in [-0.2, -0.15) is 0 Å². The maximum absolute atomic E-state index is 12.4. The van der Waals surface area contributed by atoms with Crippen LogP contribution in [0, 0.1) is 36.0 Å². The quantitative estimate of drug-likeness (QED) is 0.444. The predicted molar refractivity (Wildman–Crippen MR) is 125 cm³/mol. The molecule has 3 nitrogen and oxygen atoms in total. The average Bonchev–Trinajstić information content (AvgIpc) is 2.65. The van der Waals surface area contributed by atoms with Crippen LogP contribution in [0.25, 0.3) is 0 Å². The average molecular weight is 410 g/mol. The fraction of sp³-hybridized carbons (Fsp3) is 0.593. The lowest BCUT2D eigenvalue weighted by molar-refractivity contribution is -0.112. The van der Waals surface area contributed by atoms with Crippen molar-refractivity contribution in [1.29, 1.82) is 0 Å². The van der Waals surface area contributed by atoms with Crippen LogP contribution in [0.15, 0.2) is 48.1 Å². The number of hydrogen-bond acceptors (Lipinski definition) is 2. The minimum atomic E-state index is -0.215. The molecule has 0 saturated heterocycles. The highest BCUT2D eigenvalue weighted by molar-refractivity contribution is 5.99.